The quantitative estimate of drug-likeness (QED) is 0.465. The number of hydrogen-bond donors (Lipinski definition) is 1. The Balaban J connectivity index is 1.74. The minimum absolute atomic E-state index is 0.549. The molecule has 0 saturated heterocycles. The number of benzene rings is 2. The summed E-state index contributed by atoms with van der Waals surface area (Å²) in [4.78, 5) is 0. The molecule has 0 atom stereocenters. The first-order valence-corrected chi connectivity index (χ1v) is 7.79. The van der Waals surface area contributed by atoms with E-state index in [9.17, 15) is 0 Å². The van der Waals surface area contributed by atoms with Crippen molar-refractivity contribution in [1.82, 2.24) is 0 Å². The Hall–Kier alpha value is -2.23. The number of nitrogens with zero attached hydrogens (tertiary/aromatic N) is 1. The topological polar surface area (TPSA) is 37.5 Å². The highest BCUT2D eigenvalue weighted by atomic mass is 35.5. The van der Waals surface area contributed by atoms with Gasteiger partial charge in [-0.1, -0.05) is 41.4 Å². The van der Waals surface area contributed by atoms with Crippen LogP contribution in [-0.4, -0.2) is 6.21 Å². The van der Waals surface area contributed by atoms with Gasteiger partial charge in [0.2, 0.25) is 0 Å². The number of nitrogens with one attached hydrogen (secondary N) is 1. The van der Waals surface area contributed by atoms with Gasteiger partial charge in [0.25, 0.3) is 0 Å². The third-order valence-corrected chi connectivity index (χ3v) is 3.89. The Morgan fingerprint density at radius 3 is 2.65 bits per heavy atom. The van der Waals surface area contributed by atoms with Crippen LogP contribution in [0.1, 0.15) is 11.3 Å². The fourth-order valence-electron chi connectivity index (χ4n) is 2.12. The first-order chi connectivity index (χ1) is 11.1. The maximum Gasteiger partial charge on any atom is 0.147 e. The molecule has 0 radical (unpaired) electrons. The van der Waals surface area contributed by atoms with Crippen LogP contribution in [0.15, 0.2) is 64.1 Å². The molecule has 3 nitrogen and oxygen atoms in total. The van der Waals surface area contributed by atoms with E-state index in [1.54, 1.807) is 18.3 Å². The Bertz CT molecular complexity index is 856. The summed E-state index contributed by atoms with van der Waals surface area (Å²) >= 11 is 12.1. The maximum atomic E-state index is 6.18. The molecule has 2 aromatic carbocycles. The predicted octanol–water partition coefficient (Wildman–Crippen LogP) is 6.01. The lowest BCUT2D eigenvalue weighted by molar-refractivity contribution is 0.575. The Morgan fingerprint density at radius 2 is 1.87 bits per heavy atom. The molecule has 0 aliphatic carbocycles. The standard InChI is InChI=1S/C18H14Cl2N2O/c1-12-4-2-3-5-17(12)22-21-11-14-7-9-18(23-14)15-8-6-13(19)10-16(15)20/h2-11,22H,1H3/b21-11+. The Labute approximate surface area is 144 Å². The van der Waals surface area contributed by atoms with Crippen molar-refractivity contribution in [2.24, 2.45) is 5.10 Å². The van der Waals surface area contributed by atoms with Gasteiger partial charge >= 0.3 is 0 Å². The van der Waals surface area contributed by atoms with Gasteiger partial charge in [-0.25, -0.2) is 0 Å². The second kappa shape index (κ2) is 6.90. The minimum Gasteiger partial charge on any atom is -0.455 e. The SMILES string of the molecule is Cc1ccccc1N/N=C/c1ccc(-c2ccc(Cl)cc2Cl)o1. The molecule has 116 valence electrons. The number of anilines is 1. The lowest BCUT2D eigenvalue weighted by Crippen LogP contribution is -1.91. The molecule has 0 aliphatic heterocycles. The van der Waals surface area contributed by atoms with Gasteiger partial charge in [0.1, 0.15) is 11.5 Å². The summed E-state index contributed by atoms with van der Waals surface area (Å²) in [6.45, 7) is 2.02. The number of halogens is 2. The molecule has 0 spiro atoms. The third-order valence-electron chi connectivity index (χ3n) is 3.35. The van der Waals surface area contributed by atoms with Gasteiger partial charge in [-0.15, -0.1) is 0 Å². The summed E-state index contributed by atoms with van der Waals surface area (Å²) < 4.78 is 5.74. The first kappa shape index (κ1) is 15.7. The third kappa shape index (κ3) is 3.76. The molecule has 0 unspecified atom stereocenters. The van der Waals surface area contributed by atoms with Gasteiger partial charge < -0.3 is 4.42 Å². The van der Waals surface area contributed by atoms with Crippen LogP contribution in [0.5, 0.6) is 0 Å². The first-order valence-electron chi connectivity index (χ1n) is 7.03. The molecular formula is C18H14Cl2N2O. The molecule has 0 aliphatic rings. The average molecular weight is 345 g/mol. The van der Waals surface area contributed by atoms with Gasteiger partial charge in [-0.3, -0.25) is 5.43 Å². The van der Waals surface area contributed by atoms with Crippen LogP contribution in [-0.2, 0) is 0 Å². The van der Waals surface area contributed by atoms with Crippen LogP contribution in [0.25, 0.3) is 11.3 Å². The predicted molar refractivity (Wildman–Crippen MR) is 96.6 cm³/mol. The zero-order valence-electron chi connectivity index (χ0n) is 12.4. The molecule has 1 heterocycles. The van der Waals surface area contributed by atoms with Crippen molar-refractivity contribution in [3.05, 3.63) is 76.0 Å². The van der Waals surface area contributed by atoms with E-state index in [4.69, 9.17) is 27.6 Å². The molecule has 0 saturated carbocycles. The van der Waals surface area contributed by atoms with E-state index in [-0.39, 0.29) is 0 Å². The van der Waals surface area contributed by atoms with Crippen LogP contribution in [0.2, 0.25) is 10.0 Å². The number of furan rings is 1. The van der Waals surface area contributed by atoms with E-state index in [1.807, 2.05) is 49.4 Å². The van der Waals surface area contributed by atoms with E-state index in [0.717, 1.165) is 16.8 Å². The van der Waals surface area contributed by atoms with Crippen LogP contribution in [0.4, 0.5) is 5.69 Å². The van der Waals surface area contributed by atoms with Crippen molar-refractivity contribution in [3.8, 4) is 11.3 Å². The summed E-state index contributed by atoms with van der Waals surface area (Å²) in [5.41, 5.74) is 5.87. The van der Waals surface area contributed by atoms with Crippen molar-refractivity contribution in [3.63, 3.8) is 0 Å². The Morgan fingerprint density at radius 1 is 1.04 bits per heavy atom. The van der Waals surface area contributed by atoms with Gasteiger partial charge in [0, 0.05) is 10.6 Å². The lowest BCUT2D eigenvalue weighted by Gasteiger charge is -2.02. The summed E-state index contributed by atoms with van der Waals surface area (Å²) in [6.07, 6.45) is 1.62. The fraction of sp³-hybridized carbons (Fsp3) is 0.0556. The zero-order chi connectivity index (χ0) is 16.2. The van der Waals surface area contributed by atoms with Crippen molar-refractivity contribution in [1.29, 1.82) is 0 Å². The number of hydrogen-bond acceptors (Lipinski definition) is 3. The molecule has 0 fully saturated rings. The highest BCUT2D eigenvalue weighted by molar-refractivity contribution is 6.36. The highest BCUT2D eigenvalue weighted by Crippen LogP contribution is 2.31. The van der Waals surface area contributed by atoms with Gasteiger partial charge in [0.15, 0.2) is 0 Å². The normalized spacial score (nSPS) is 11.1. The highest BCUT2D eigenvalue weighted by Gasteiger charge is 2.08. The van der Waals surface area contributed by atoms with Crippen LogP contribution in [0.3, 0.4) is 0 Å². The van der Waals surface area contributed by atoms with Crippen molar-refractivity contribution >= 4 is 35.1 Å². The number of para-hydroxylation sites is 1. The molecule has 23 heavy (non-hydrogen) atoms. The van der Waals surface area contributed by atoms with E-state index in [1.165, 1.54) is 0 Å². The van der Waals surface area contributed by atoms with Gasteiger partial charge in [0.05, 0.1) is 16.9 Å². The summed E-state index contributed by atoms with van der Waals surface area (Å²) in [7, 11) is 0. The average Bonchev–Trinajstić information content (AvgIpc) is 2.98. The van der Waals surface area contributed by atoms with Crippen molar-refractivity contribution < 1.29 is 4.42 Å². The number of hydrazone groups is 1. The number of aryl methyl sites for hydroxylation is 1. The van der Waals surface area contributed by atoms with E-state index < -0.39 is 0 Å². The van der Waals surface area contributed by atoms with Crippen LogP contribution >= 0.6 is 23.2 Å². The lowest BCUT2D eigenvalue weighted by atomic mass is 10.2. The smallest absolute Gasteiger partial charge is 0.147 e. The molecule has 5 heteroatoms. The zero-order valence-corrected chi connectivity index (χ0v) is 13.9. The van der Waals surface area contributed by atoms with Gasteiger partial charge in [-0.05, 0) is 48.9 Å². The molecule has 3 aromatic rings. The van der Waals surface area contributed by atoms with E-state index >= 15 is 0 Å². The Kier molecular flexibility index (Phi) is 4.70. The summed E-state index contributed by atoms with van der Waals surface area (Å²) in [5, 5.41) is 5.33. The summed E-state index contributed by atoms with van der Waals surface area (Å²) in [5.74, 6) is 1.30. The number of rotatable bonds is 4. The fourth-order valence-corrected chi connectivity index (χ4v) is 2.62. The molecule has 0 bridgehead atoms. The van der Waals surface area contributed by atoms with Crippen LogP contribution < -0.4 is 5.43 Å². The van der Waals surface area contributed by atoms with E-state index in [2.05, 4.69) is 10.5 Å². The summed E-state index contributed by atoms with van der Waals surface area (Å²) in [6, 6.07) is 16.9. The van der Waals surface area contributed by atoms with Crippen LogP contribution in [0, 0.1) is 6.92 Å². The monoisotopic (exact) mass is 344 g/mol. The largest absolute Gasteiger partial charge is 0.455 e. The van der Waals surface area contributed by atoms with E-state index in [0.29, 0.717) is 21.6 Å². The molecule has 3 rings (SSSR count). The molecular weight excluding hydrogens is 331 g/mol. The van der Waals surface area contributed by atoms with Crippen molar-refractivity contribution in [2.45, 2.75) is 6.92 Å². The van der Waals surface area contributed by atoms with Gasteiger partial charge in [-0.2, -0.15) is 5.10 Å². The maximum absolute atomic E-state index is 6.18. The minimum atomic E-state index is 0.549. The van der Waals surface area contributed by atoms with Crippen molar-refractivity contribution in [2.75, 3.05) is 5.43 Å². The molecule has 1 aromatic heterocycles. The second-order valence-corrected chi connectivity index (χ2v) is 5.85. The second-order valence-electron chi connectivity index (χ2n) is 5.01. The molecule has 1 N–H and O–H groups in total. The molecule has 0 amide bonds.